The molecule has 0 spiro atoms. The molecular formula is C13H20FN3O2S. The first-order chi connectivity index (χ1) is 9.29. The topological polar surface area (TPSA) is 75.4 Å². The molecule has 1 aliphatic heterocycles. The summed E-state index contributed by atoms with van der Waals surface area (Å²) in [7, 11) is -1.70. The number of hydrogen-bond acceptors (Lipinski definition) is 4. The van der Waals surface area contributed by atoms with E-state index in [4.69, 9.17) is 5.73 Å². The van der Waals surface area contributed by atoms with Crippen molar-refractivity contribution in [3.63, 3.8) is 0 Å². The number of sulfonamides is 1. The van der Waals surface area contributed by atoms with E-state index in [1.165, 1.54) is 6.07 Å². The summed E-state index contributed by atoms with van der Waals surface area (Å²) >= 11 is 0. The number of rotatable bonds is 3. The fraction of sp³-hybridized carbons (Fsp3) is 0.538. The van der Waals surface area contributed by atoms with Crippen molar-refractivity contribution in [2.24, 2.45) is 5.92 Å². The Labute approximate surface area is 119 Å². The second-order valence-corrected chi connectivity index (χ2v) is 7.12. The van der Waals surface area contributed by atoms with Crippen LogP contribution in [0, 0.1) is 11.7 Å². The molecule has 5 nitrogen and oxygen atoms in total. The number of nitrogens with one attached hydrogen (secondary N) is 1. The molecule has 3 N–H and O–H groups in total. The molecule has 20 heavy (non-hydrogen) atoms. The summed E-state index contributed by atoms with van der Waals surface area (Å²) in [6.07, 6.45) is 0.748. The third kappa shape index (κ3) is 3.28. The van der Waals surface area contributed by atoms with Crippen LogP contribution in [0.2, 0.25) is 0 Å². The number of anilines is 1. The molecular weight excluding hydrogens is 281 g/mol. The van der Waals surface area contributed by atoms with E-state index in [2.05, 4.69) is 9.62 Å². The number of nitrogens with zero attached hydrogens (tertiary/aromatic N) is 1. The summed E-state index contributed by atoms with van der Waals surface area (Å²) in [4.78, 5) is 2.10. The summed E-state index contributed by atoms with van der Waals surface area (Å²) < 4.78 is 40.3. The number of hydrogen-bond donors (Lipinski definition) is 2. The standard InChI is InChI=1S/C13H20FN3O2S/c1-9-8-17(2)6-5-12(9)16-20(18,19)13-4-3-10(14)7-11(13)15/h3-4,7,9,12,16H,5-6,8,15H2,1-2H3. The van der Waals surface area contributed by atoms with Crippen molar-refractivity contribution in [1.29, 1.82) is 0 Å². The number of benzene rings is 1. The molecule has 1 aromatic rings. The molecule has 2 unspecified atom stereocenters. The maximum atomic E-state index is 13.0. The first-order valence-electron chi connectivity index (χ1n) is 6.55. The fourth-order valence-electron chi connectivity index (χ4n) is 2.56. The third-order valence-corrected chi connectivity index (χ3v) is 5.24. The average molecular weight is 301 g/mol. The molecule has 0 saturated carbocycles. The molecule has 1 heterocycles. The zero-order valence-corrected chi connectivity index (χ0v) is 12.5. The molecule has 2 atom stereocenters. The van der Waals surface area contributed by atoms with Crippen molar-refractivity contribution in [3.05, 3.63) is 24.0 Å². The minimum atomic E-state index is -3.72. The lowest BCUT2D eigenvalue weighted by molar-refractivity contribution is 0.188. The molecule has 0 aromatic heterocycles. The number of likely N-dealkylation sites (tertiary alicyclic amines) is 1. The smallest absolute Gasteiger partial charge is 0.242 e. The minimum Gasteiger partial charge on any atom is -0.398 e. The number of piperidine rings is 1. The summed E-state index contributed by atoms with van der Waals surface area (Å²) in [6.45, 7) is 3.69. The van der Waals surface area contributed by atoms with E-state index in [0.717, 1.165) is 31.6 Å². The molecule has 1 saturated heterocycles. The van der Waals surface area contributed by atoms with Gasteiger partial charge in [0.05, 0.1) is 5.69 Å². The summed E-state index contributed by atoms with van der Waals surface area (Å²) in [5.74, 6) is -0.334. The maximum absolute atomic E-state index is 13.0. The van der Waals surface area contributed by atoms with Gasteiger partial charge in [-0.1, -0.05) is 6.92 Å². The molecule has 1 aromatic carbocycles. The van der Waals surface area contributed by atoms with Gasteiger partial charge in [-0.05, 0) is 44.1 Å². The van der Waals surface area contributed by atoms with E-state index in [0.29, 0.717) is 0 Å². The van der Waals surface area contributed by atoms with Crippen molar-refractivity contribution in [1.82, 2.24) is 9.62 Å². The van der Waals surface area contributed by atoms with Crippen LogP contribution in [0.1, 0.15) is 13.3 Å². The molecule has 0 amide bonds. The average Bonchev–Trinajstić information content (AvgIpc) is 2.32. The Balaban J connectivity index is 2.19. The maximum Gasteiger partial charge on any atom is 0.242 e. The SMILES string of the molecule is CC1CN(C)CCC1NS(=O)(=O)c1ccc(F)cc1N. The molecule has 1 aliphatic rings. The van der Waals surface area contributed by atoms with Gasteiger partial charge in [-0.3, -0.25) is 0 Å². The highest BCUT2D eigenvalue weighted by molar-refractivity contribution is 7.89. The summed E-state index contributed by atoms with van der Waals surface area (Å²) in [5, 5.41) is 0. The zero-order chi connectivity index (χ0) is 14.9. The van der Waals surface area contributed by atoms with Crippen LogP contribution in [0.5, 0.6) is 0 Å². The Hall–Kier alpha value is -1.18. The van der Waals surface area contributed by atoms with Gasteiger partial charge >= 0.3 is 0 Å². The van der Waals surface area contributed by atoms with Crippen LogP contribution in [0.25, 0.3) is 0 Å². The Kier molecular flexibility index (Phi) is 4.31. The van der Waals surface area contributed by atoms with Crippen molar-refractivity contribution >= 4 is 15.7 Å². The van der Waals surface area contributed by atoms with Gasteiger partial charge in [0.2, 0.25) is 10.0 Å². The Bertz CT molecular complexity index is 591. The Morgan fingerprint density at radius 2 is 2.15 bits per heavy atom. The van der Waals surface area contributed by atoms with Crippen molar-refractivity contribution in [3.8, 4) is 0 Å². The van der Waals surface area contributed by atoms with Gasteiger partial charge in [-0.15, -0.1) is 0 Å². The first kappa shape index (κ1) is 15.2. The highest BCUT2D eigenvalue weighted by Gasteiger charge is 2.29. The van der Waals surface area contributed by atoms with Crippen LogP contribution in [0.15, 0.2) is 23.1 Å². The molecule has 112 valence electrons. The van der Waals surface area contributed by atoms with Crippen LogP contribution in [-0.4, -0.2) is 39.5 Å². The predicted octanol–water partition coefficient (Wildman–Crippen LogP) is 1.03. The van der Waals surface area contributed by atoms with Gasteiger partial charge in [0, 0.05) is 12.6 Å². The van der Waals surface area contributed by atoms with Crippen LogP contribution < -0.4 is 10.5 Å². The molecule has 2 rings (SSSR count). The lowest BCUT2D eigenvalue weighted by Gasteiger charge is -2.35. The van der Waals surface area contributed by atoms with Gasteiger partial charge < -0.3 is 10.6 Å². The lowest BCUT2D eigenvalue weighted by atomic mass is 9.95. The zero-order valence-electron chi connectivity index (χ0n) is 11.6. The second-order valence-electron chi connectivity index (χ2n) is 5.44. The largest absolute Gasteiger partial charge is 0.398 e. The third-order valence-electron chi connectivity index (χ3n) is 3.68. The highest BCUT2D eigenvalue weighted by Crippen LogP contribution is 2.22. The lowest BCUT2D eigenvalue weighted by Crippen LogP contribution is -2.48. The van der Waals surface area contributed by atoms with Crippen LogP contribution in [0.3, 0.4) is 0 Å². The van der Waals surface area contributed by atoms with Crippen molar-refractivity contribution in [2.45, 2.75) is 24.3 Å². The van der Waals surface area contributed by atoms with E-state index in [-0.39, 0.29) is 22.5 Å². The monoisotopic (exact) mass is 301 g/mol. The fourth-order valence-corrected chi connectivity index (χ4v) is 4.05. The molecule has 7 heteroatoms. The van der Waals surface area contributed by atoms with Gasteiger partial charge in [-0.25, -0.2) is 17.5 Å². The molecule has 0 bridgehead atoms. The van der Waals surface area contributed by atoms with E-state index in [1.807, 2.05) is 14.0 Å². The summed E-state index contributed by atoms with van der Waals surface area (Å²) in [6, 6.07) is 3.20. The highest BCUT2D eigenvalue weighted by atomic mass is 32.2. The van der Waals surface area contributed by atoms with Gasteiger partial charge in [0.25, 0.3) is 0 Å². The van der Waals surface area contributed by atoms with Crippen LogP contribution >= 0.6 is 0 Å². The van der Waals surface area contributed by atoms with E-state index >= 15 is 0 Å². The normalized spacial score (nSPS) is 24.8. The van der Waals surface area contributed by atoms with E-state index < -0.39 is 15.8 Å². The van der Waals surface area contributed by atoms with Gasteiger partial charge in [0.1, 0.15) is 10.7 Å². The first-order valence-corrected chi connectivity index (χ1v) is 8.04. The Morgan fingerprint density at radius 3 is 2.75 bits per heavy atom. The quantitative estimate of drug-likeness (QED) is 0.818. The van der Waals surface area contributed by atoms with Crippen LogP contribution in [0.4, 0.5) is 10.1 Å². The molecule has 1 fully saturated rings. The van der Waals surface area contributed by atoms with Crippen molar-refractivity contribution in [2.75, 3.05) is 25.9 Å². The van der Waals surface area contributed by atoms with Crippen molar-refractivity contribution < 1.29 is 12.8 Å². The minimum absolute atomic E-state index is 0.0648. The van der Waals surface area contributed by atoms with E-state index in [1.54, 1.807) is 0 Å². The second kappa shape index (κ2) is 5.67. The van der Waals surface area contributed by atoms with Gasteiger partial charge in [-0.2, -0.15) is 0 Å². The van der Waals surface area contributed by atoms with E-state index in [9.17, 15) is 12.8 Å². The number of halogens is 1. The van der Waals surface area contributed by atoms with Gasteiger partial charge in [0.15, 0.2) is 0 Å². The molecule has 0 aliphatic carbocycles. The predicted molar refractivity (Wildman–Crippen MR) is 76.2 cm³/mol. The summed E-state index contributed by atoms with van der Waals surface area (Å²) in [5.41, 5.74) is 5.53. The van der Waals surface area contributed by atoms with Crippen LogP contribution in [-0.2, 0) is 10.0 Å². The number of nitrogen functional groups attached to an aromatic ring is 1. The molecule has 0 radical (unpaired) electrons. The Morgan fingerprint density at radius 1 is 1.45 bits per heavy atom. The number of nitrogens with two attached hydrogens (primary N) is 1.